The Bertz CT molecular complexity index is 991. The number of hydrogen-bond acceptors (Lipinski definition) is 0. The molecule has 0 heterocycles. The zero-order chi connectivity index (χ0) is 13.8. The highest BCUT2D eigenvalue weighted by Gasteiger charge is 2.27. The van der Waals surface area contributed by atoms with Crippen molar-refractivity contribution in [3.8, 4) is 0 Å². The summed E-state index contributed by atoms with van der Waals surface area (Å²) in [6.45, 7) is 0. The van der Waals surface area contributed by atoms with E-state index in [0.29, 0.717) is 0 Å². The number of fused-ring (bicyclic) bond motifs is 4. The van der Waals surface area contributed by atoms with Crippen LogP contribution < -0.4 is 0 Å². The van der Waals surface area contributed by atoms with Gasteiger partial charge in [-0.2, -0.15) is 0 Å². The lowest BCUT2D eigenvalue weighted by Crippen LogP contribution is -1.88. The van der Waals surface area contributed by atoms with Gasteiger partial charge < -0.3 is 0 Å². The Hall–Kier alpha value is -2.34. The van der Waals surface area contributed by atoms with Crippen LogP contribution in [-0.2, 0) is 0 Å². The molecule has 0 radical (unpaired) electrons. The second-order valence-corrected chi connectivity index (χ2v) is 6.17. The van der Waals surface area contributed by atoms with E-state index < -0.39 is 0 Å². The minimum absolute atomic E-state index is 0.764. The van der Waals surface area contributed by atoms with E-state index in [-0.39, 0.29) is 0 Å². The van der Waals surface area contributed by atoms with Gasteiger partial charge in [-0.15, -0.1) is 0 Å². The molecule has 0 amide bonds. The minimum Gasteiger partial charge on any atom is -0.0616 e. The standard InChI is InChI=1S/C21H16/c1-3-7-17-14(5-1)11-12-19-20(17)13-16-6-2-4-8-18(16)21(19)15-9-10-15/h1-8,11-13,15H,9-10H2. The van der Waals surface area contributed by atoms with Crippen LogP contribution in [0.1, 0.15) is 24.3 Å². The Morgan fingerprint density at radius 2 is 1.29 bits per heavy atom. The van der Waals surface area contributed by atoms with Crippen molar-refractivity contribution in [2.75, 3.05) is 0 Å². The van der Waals surface area contributed by atoms with E-state index in [9.17, 15) is 0 Å². The third kappa shape index (κ3) is 1.62. The molecule has 1 aliphatic carbocycles. The van der Waals surface area contributed by atoms with Crippen molar-refractivity contribution in [1.29, 1.82) is 0 Å². The van der Waals surface area contributed by atoms with Crippen molar-refractivity contribution in [2.45, 2.75) is 18.8 Å². The molecule has 5 rings (SSSR count). The summed E-state index contributed by atoms with van der Waals surface area (Å²) in [6.07, 6.45) is 2.69. The first kappa shape index (κ1) is 11.3. The SMILES string of the molecule is c1ccc2c(C3CC3)c3ccc4ccccc4c3cc2c1. The van der Waals surface area contributed by atoms with Crippen LogP contribution in [0.25, 0.3) is 32.3 Å². The Labute approximate surface area is 124 Å². The summed E-state index contributed by atoms with van der Waals surface area (Å²) in [4.78, 5) is 0. The summed E-state index contributed by atoms with van der Waals surface area (Å²) >= 11 is 0. The summed E-state index contributed by atoms with van der Waals surface area (Å²) in [6, 6.07) is 24.6. The predicted octanol–water partition coefficient (Wildman–Crippen LogP) is 6.02. The van der Waals surface area contributed by atoms with Gasteiger partial charge in [-0.25, -0.2) is 0 Å². The van der Waals surface area contributed by atoms with E-state index in [0.717, 1.165) is 5.92 Å². The molecule has 0 N–H and O–H groups in total. The van der Waals surface area contributed by atoms with E-state index in [1.54, 1.807) is 5.56 Å². The van der Waals surface area contributed by atoms with E-state index in [1.165, 1.54) is 45.2 Å². The maximum absolute atomic E-state index is 2.37. The Balaban J connectivity index is 2.05. The molecule has 0 aliphatic heterocycles. The lowest BCUT2D eigenvalue weighted by molar-refractivity contribution is 1.17. The zero-order valence-electron chi connectivity index (χ0n) is 11.8. The molecule has 0 heteroatoms. The van der Waals surface area contributed by atoms with Crippen LogP contribution in [0.5, 0.6) is 0 Å². The van der Waals surface area contributed by atoms with Crippen molar-refractivity contribution >= 4 is 32.3 Å². The summed E-state index contributed by atoms with van der Waals surface area (Å²) in [7, 11) is 0. The first-order valence-corrected chi connectivity index (χ1v) is 7.75. The molecule has 21 heavy (non-hydrogen) atoms. The zero-order valence-corrected chi connectivity index (χ0v) is 11.8. The molecule has 0 bridgehead atoms. The molecule has 0 saturated heterocycles. The molecule has 1 saturated carbocycles. The Morgan fingerprint density at radius 1 is 0.571 bits per heavy atom. The van der Waals surface area contributed by atoms with Crippen LogP contribution in [0, 0.1) is 0 Å². The van der Waals surface area contributed by atoms with Gasteiger partial charge in [-0.05, 0) is 62.7 Å². The van der Waals surface area contributed by atoms with Gasteiger partial charge in [0.25, 0.3) is 0 Å². The smallest absolute Gasteiger partial charge is 0.00961 e. The predicted molar refractivity (Wildman–Crippen MR) is 90.9 cm³/mol. The normalized spacial score (nSPS) is 15.0. The molecular weight excluding hydrogens is 252 g/mol. The molecule has 0 aromatic heterocycles. The maximum atomic E-state index is 2.37. The Kier molecular flexibility index (Phi) is 2.20. The molecule has 4 aromatic carbocycles. The molecule has 100 valence electrons. The fourth-order valence-electron chi connectivity index (χ4n) is 3.67. The first-order valence-electron chi connectivity index (χ1n) is 7.75. The lowest BCUT2D eigenvalue weighted by atomic mass is 9.91. The van der Waals surface area contributed by atoms with Gasteiger partial charge in [0.15, 0.2) is 0 Å². The van der Waals surface area contributed by atoms with Crippen LogP contribution in [-0.4, -0.2) is 0 Å². The van der Waals surface area contributed by atoms with Crippen LogP contribution in [0.3, 0.4) is 0 Å². The maximum Gasteiger partial charge on any atom is -0.00961 e. The topological polar surface area (TPSA) is 0 Å². The van der Waals surface area contributed by atoms with Gasteiger partial charge in [-0.1, -0.05) is 60.7 Å². The highest BCUT2D eigenvalue weighted by atomic mass is 14.3. The average molecular weight is 268 g/mol. The molecule has 0 unspecified atom stereocenters. The molecule has 0 spiro atoms. The Morgan fingerprint density at radius 3 is 2.10 bits per heavy atom. The molecule has 0 nitrogen and oxygen atoms in total. The summed E-state index contributed by atoms with van der Waals surface area (Å²) < 4.78 is 0. The molecular formula is C21H16. The highest BCUT2D eigenvalue weighted by Crippen LogP contribution is 2.47. The lowest BCUT2D eigenvalue weighted by Gasteiger charge is -2.13. The molecule has 4 aromatic rings. The van der Waals surface area contributed by atoms with E-state index >= 15 is 0 Å². The van der Waals surface area contributed by atoms with E-state index in [4.69, 9.17) is 0 Å². The number of hydrogen-bond donors (Lipinski definition) is 0. The third-order valence-corrected chi connectivity index (χ3v) is 4.80. The molecule has 0 atom stereocenters. The van der Waals surface area contributed by atoms with Crippen LogP contribution >= 0.6 is 0 Å². The van der Waals surface area contributed by atoms with Crippen molar-refractivity contribution in [1.82, 2.24) is 0 Å². The average Bonchev–Trinajstić information content (AvgIpc) is 3.37. The van der Waals surface area contributed by atoms with Crippen molar-refractivity contribution in [3.63, 3.8) is 0 Å². The van der Waals surface area contributed by atoms with Gasteiger partial charge in [0.2, 0.25) is 0 Å². The second-order valence-electron chi connectivity index (χ2n) is 6.17. The van der Waals surface area contributed by atoms with Crippen molar-refractivity contribution in [2.24, 2.45) is 0 Å². The fourth-order valence-corrected chi connectivity index (χ4v) is 3.67. The van der Waals surface area contributed by atoms with Gasteiger partial charge in [0.05, 0.1) is 0 Å². The van der Waals surface area contributed by atoms with Gasteiger partial charge in [-0.3, -0.25) is 0 Å². The first-order chi connectivity index (χ1) is 10.4. The summed E-state index contributed by atoms with van der Waals surface area (Å²) in [5, 5.41) is 8.40. The highest BCUT2D eigenvalue weighted by molar-refractivity contribution is 6.14. The van der Waals surface area contributed by atoms with Gasteiger partial charge in [0.1, 0.15) is 0 Å². The number of rotatable bonds is 1. The third-order valence-electron chi connectivity index (χ3n) is 4.80. The monoisotopic (exact) mass is 268 g/mol. The van der Waals surface area contributed by atoms with E-state index in [2.05, 4.69) is 66.7 Å². The van der Waals surface area contributed by atoms with Crippen molar-refractivity contribution in [3.05, 3.63) is 72.3 Å². The van der Waals surface area contributed by atoms with Crippen LogP contribution in [0.15, 0.2) is 66.7 Å². The van der Waals surface area contributed by atoms with Gasteiger partial charge >= 0.3 is 0 Å². The number of benzene rings is 4. The van der Waals surface area contributed by atoms with Crippen LogP contribution in [0.4, 0.5) is 0 Å². The fraction of sp³-hybridized carbons (Fsp3) is 0.143. The quantitative estimate of drug-likeness (QED) is 0.292. The second kappa shape index (κ2) is 4.08. The summed E-state index contributed by atoms with van der Waals surface area (Å²) in [5.41, 5.74) is 1.58. The van der Waals surface area contributed by atoms with Crippen molar-refractivity contribution < 1.29 is 0 Å². The minimum atomic E-state index is 0.764. The molecule has 1 fully saturated rings. The van der Waals surface area contributed by atoms with Gasteiger partial charge in [0, 0.05) is 0 Å². The van der Waals surface area contributed by atoms with Crippen LogP contribution in [0.2, 0.25) is 0 Å². The molecule has 1 aliphatic rings. The summed E-state index contributed by atoms with van der Waals surface area (Å²) in [5.74, 6) is 0.764. The largest absolute Gasteiger partial charge is 0.0616 e. The van der Waals surface area contributed by atoms with E-state index in [1.807, 2.05) is 0 Å².